The lowest BCUT2D eigenvalue weighted by Crippen LogP contribution is -2.23. The van der Waals surface area contributed by atoms with E-state index in [1.54, 1.807) is 6.92 Å². The van der Waals surface area contributed by atoms with Crippen LogP contribution in [0.2, 0.25) is 0 Å². The summed E-state index contributed by atoms with van der Waals surface area (Å²) >= 11 is 0.756. The molecule has 0 radical (unpaired) electrons. The lowest BCUT2D eigenvalue weighted by Gasteiger charge is -2.05. The van der Waals surface area contributed by atoms with Gasteiger partial charge in [-0.1, -0.05) is 0 Å². The minimum absolute atomic E-state index is 0.0128. The minimum Gasteiger partial charge on any atom is -0.346 e. The number of amides is 1. The minimum atomic E-state index is -4.43. The average molecular weight is 301 g/mol. The van der Waals surface area contributed by atoms with E-state index in [2.05, 4.69) is 15.3 Å². The second-order valence-corrected chi connectivity index (χ2v) is 4.88. The predicted octanol–water partition coefficient (Wildman–Crippen LogP) is 2.80. The second-order valence-electron chi connectivity index (χ2n) is 3.97. The van der Waals surface area contributed by atoms with Gasteiger partial charge in [-0.25, -0.2) is 0 Å². The van der Waals surface area contributed by atoms with Gasteiger partial charge in [-0.2, -0.15) is 13.2 Å². The summed E-state index contributed by atoms with van der Waals surface area (Å²) in [4.78, 5) is 19.8. The molecule has 4 nitrogen and oxygen atoms in total. The number of aryl methyl sites for hydroxylation is 1. The smallest absolute Gasteiger partial charge is 0.346 e. The summed E-state index contributed by atoms with van der Waals surface area (Å²) in [5.41, 5.74) is 0.423. The van der Waals surface area contributed by atoms with Crippen molar-refractivity contribution in [1.82, 2.24) is 15.3 Å². The van der Waals surface area contributed by atoms with E-state index in [4.69, 9.17) is 0 Å². The lowest BCUT2D eigenvalue weighted by molar-refractivity contribution is -0.137. The average Bonchev–Trinajstić information content (AvgIpc) is 2.87. The van der Waals surface area contributed by atoms with E-state index in [-0.39, 0.29) is 11.4 Å². The van der Waals surface area contributed by atoms with Crippen LogP contribution in [0.4, 0.5) is 13.2 Å². The third kappa shape index (κ3) is 3.32. The fourth-order valence-corrected chi connectivity index (χ4v) is 2.29. The Morgan fingerprint density at radius 1 is 1.35 bits per heavy atom. The number of alkyl halides is 3. The highest BCUT2D eigenvalue weighted by molar-refractivity contribution is 7.12. The first-order valence-corrected chi connectivity index (χ1v) is 6.46. The van der Waals surface area contributed by atoms with E-state index in [0.717, 1.165) is 22.8 Å². The van der Waals surface area contributed by atoms with E-state index < -0.39 is 17.6 Å². The quantitative estimate of drug-likeness (QED) is 0.948. The van der Waals surface area contributed by atoms with Crippen LogP contribution >= 0.6 is 11.3 Å². The number of nitrogens with zero attached hydrogens (tertiary/aromatic N) is 2. The number of hydrogen-bond donors (Lipinski definition) is 1. The molecule has 1 amide bonds. The van der Waals surface area contributed by atoms with Gasteiger partial charge in [0.05, 0.1) is 28.4 Å². The van der Waals surface area contributed by atoms with Gasteiger partial charge in [0.2, 0.25) is 0 Å². The van der Waals surface area contributed by atoms with Gasteiger partial charge < -0.3 is 5.32 Å². The van der Waals surface area contributed by atoms with Crippen LogP contribution in [-0.4, -0.2) is 15.9 Å². The summed E-state index contributed by atoms with van der Waals surface area (Å²) < 4.78 is 37.3. The molecular weight excluding hydrogens is 291 g/mol. The van der Waals surface area contributed by atoms with Crippen molar-refractivity contribution in [2.45, 2.75) is 19.6 Å². The zero-order valence-corrected chi connectivity index (χ0v) is 11.2. The van der Waals surface area contributed by atoms with Crippen LogP contribution in [0.1, 0.15) is 26.6 Å². The maximum atomic E-state index is 12.4. The number of aromatic nitrogens is 2. The van der Waals surface area contributed by atoms with Gasteiger partial charge >= 0.3 is 6.18 Å². The highest BCUT2D eigenvalue weighted by Crippen LogP contribution is 2.32. The maximum Gasteiger partial charge on any atom is 0.417 e. The van der Waals surface area contributed by atoms with Crippen molar-refractivity contribution in [1.29, 1.82) is 0 Å². The molecule has 0 saturated heterocycles. The third-order valence-electron chi connectivity index (χ3n) is 2.55. The van der Waals surface area contributed by atoms with Gasteiger partial charge in [-0.3, -0.25) is 14.8 Å². The topological polar surface area (TPSA) is 54.9 Å². The van der Waals surface area contributed by atoms with Gasteiger partial charge in [0.1, 0.15) is 0 Å². The normalized spacial score (nSPS) is 11.4. The van der Waals surface area contributed by atoms with E-state index in [9.17, 15) is 18.0 Å². The number of carbonyl (C=O) groups is 1. The standard InChI is InChI=1S/C12H10F3N3OS/c1-7-9(17-3-2-16-7)5-18-11(19)10-4-8(6-20-10)12(13,14)15/h2-4,6H,5H2,1H3,(H,18,19). The van der Waals surface area contributed by atoms with Crippen LogP contribution < -0.4 is 5.32 Å². The molecule has 0 aliphatic heterocycles. The number of thiophene rings is 1. The molecule has 0 atom stereocenters. The lowest BCUT2D eigenvalue weighted by atomic mass is 10.3. The number of nitrogens with one attached hydrogen (secondary N) is 1. The molecule has 0 unspecified atom stereocenters. The summed E-state index contributed by atoms with van der Waals surface area (Å²) in [6.45, 7) is 1.86. The third-order valence-corrected chi connectivity index (χ3v) is 3.48. The van der Waals surface area contributed by atoms with Crippen LogP contribution in [0.25, 0.3) is 0 Å². The molecule has 2 aromatic heterocycles. The first-order chi connectivity index (χ1) is 9.38. The summed E-state index contributed by atoms with van der Waals surface area (Å²) in [6, 6.07) is 0.837. The Morgan fingerprint density at radius 2 is 2.05 bits per heavy atom. The van der Waals surface area contributed by atoms with E-state index in [1.807, 2.05) is 0 Å². The molecule has 2 aromatic rings. The Kier molecular flexibility index (Phi) is 4.03. The molecule has 0 fully saturated rings. The molecule has 106 valence electrons. The number of carbonyl (C=O) groups excluding carboxylic acids is 1. The molecule has 20 heavy (non-hydrogen) atoms. The van der Waals surface area contributed by atoms with E-state index in [1.165, 1.54) is 12.4 Å². The van der Waals surface area contributed by atoms with Gasteiger partial charge in [0.25, 0.3) is 5.91 Å². The predicted molar refractivity (Wildman–Crippen MR) is 67.3 cm³/mol. The fourth-order valence-electron chi connectivity index (χ4n) is 1.47. The molecule has 0 aliphatic carbocycles. The summed E-state index contributed by atoms with van der Waals surface area (Å²) in [5.74, 6) is -0.560. The molecule has 8 heteroatoms. The van der Waals surface area contributed by atoms with Crippen molar-refractivity contribution in [3.05, 3.63) is 45.7 Å². The van der Waals surface area contributed by atoms with E-state index in [0.29, 0.717) is 11.4 Å². The Bertz CT molecular complexity index is 624. The SMILES string of the molecule is Cc1nccnc1CNC(=O)c1cc(C(F)(F)F)cs1. The van der Waals surface area contributed by atoms with E-state index >= 15 is 0 Å². The highest BCUT2D eigenvalue weighted by Gasteiger charge is 2.32. The summed E-state index contributed by atoms with van der Waals surface area (Å²) in [7, 11) is 0. The second kappa shape index (κ2) is 5.58. The van der Waals surface area contributed by atoms with Crippen molar-refractivity contribution in [2.24, 2.45) is 0 Å². The van der Waals surface area contributed by atoms with Gasteiger partial charge in [-0.05, 0) is 13.0 Å². The van der Waals surface area contributed by atoms with Crippen LogP contribution in [0.3, 0.4) is 0 Å². The molecule has 0 aliphatic rings. The maximum absolute atomic E-state index is 12.4. The first kappa shape index (κ1) is 14.4. The number of rotatable bonds is 3. The Hall–Kier alpha value is -1.96. The fraction of sp³-hybridized carbons (Fsp3) is 0.250. The Labute approximate surface area is 116 Å². The van der Waals surface area contributed by atoms with Crippen LogP contribution in [0, 0.1) is 6.92 Å². The summed E-state index contributed by atoms with van der Waals surface area (Å²) in [6.07, 6.45) is -1.42. The zero-order chi connectivity index (χ0) is 14.8. The molecule has 0 saturated carbocycles. The van der Waals surface area contributed by atoms with Crippen LogP contribution in [0.5, 0.6) is 0 Å². The summed E-state index contributed by atoms with van der Waals surface area (Å²) in [5, 5.41) is 3.44. The molecule has 2 rings (SSSR count). The molecule has 0 bridgehead atoms. The van der Waals surface area contributed by atoms with Crippen LogP contribution in [-0.2, 0) is 12.7 Å². The van der Waals surface area contributed by atoms with Crippen molar-refractivity contribution in [2.75, 3.05) is 0 Å². The van der Waals surface area contributed by atoms with Crippen molar-refractivity contribution in [3.63, 3.8) is 0 Å². The van der Waals surface area contributed by atoms with Gasteiger partial charge in [0, 0.05) is 17.8 Å². The van der Waals surface area contributed by atoms with Crippen LogP contribution in [0.15, 0.2) is 23.8 Å². The van der Waals surface area contributed by atoms with Crippen molar-refractivity contribution < 1.29 is 18.0 Å². The number of hydrogen-bond acceptors (Lipinski definition) is 4. The molecule has 1 N–H and O–H groups in total. The molecule has 0 spiro atoms. The monoisotopic (exact) mass is 301 g/mol. The highest BCUT2D eigenvalue weighted by atomic mass is 32.1. The molecule has 2 heterocycles. The Balaban J connectivity index is 2.02. The first-order valence-electron chi connectivity index (χ1n) is 5.58. The largest absolute Gasteiger partial charge is 0.417 e. The Morgan fingerprint density at radius 3 is 2.65 bits per heavy atom. The zero-order valence-electron chi connectivity index (χ0n) is 10.4. The van der Waals surface area contributed by atoms with Gasteiger partial charge in [-0.15, -0.1) is 11.3 Å². The van der Waals surface area contributed by atoms with Crippen molar-refractivity contribution >= 4 is 17.2 Å². The molecule has 0 aromatic carbocycles. The van der Waals surface area contributed by atoms with Crippen molar-refractivity contribution in [3.8, 4) is 0 Å². The number of halogens is 3. The molecular formula is C12H10F3N3OS. The van der Waals surface area contributed by atoms with Gasteiger partial charge in [0.15, 0.2) is 0 Å².